The highest BCUT2D eigenvalue weighted by Gasteiger charge is 2.17. The van der Waals surface area contributed by atoms with Gasteiger partial charge in [-0.3, -0.25) is 4.79 Å². The first-order valence-corrected chi connectivity index (χ1v) is 9.63. The minimum Gasteiger partial charge on any atom is -0.367 e. The fourth-order valence-corrected chi connectivity index (χ4v) is 3.37. The Morgan fingerprint density at radius 2 is 2.07 bits per heavy atom. The second-order valence-electron chi connectivity index (χ2n) is 7.25. The lowest BCUT2D eigenvalue weighted by Gasteiger charge is -2.27. The van der Waals surface area contributed by atoms with E-state index in [0.29, 0.717) is 12.6 Å². The lowest BCUT2D eigenvalue weighted by atomic mass is 9.93. The van der Waals surface area contributed by atoms with Crippen molar-refractivity contribution in [3.8, 4) is 16.8 Å². The van der Waals surface area contributed by atoms with Crippen LogP contribution in [0.1, 0.15) is 38.2 Å². The van der Waals surface area contributed by atoms with Crippen molar-refractivity contribution in [1.29, 1.82) is 0 Å². The van der Waals surface area contributed by atoms with Gasteiger partial charge in [0.15, 0.2) is 0 Å². The zero-order valence-electron chi connectivity index (χ0n) is 15.9. The third-order valence-corrected chi connectivity index (χ3v) is 5.16. The summed E-state index contributed by atoms with van der Waals surface area (Å²) in [6.07, 6.45) is 12.3. The van der Waals surface area contributed by atoms with E-state index in [1.807, 2.05) is 30.9 Å². The van der Waals surface area contributed by atoms with Crippen molar-refractivity contribution in [3.05, 3.63) is 58.9 Å². The van der Waals surface area contributed by atoms with Gasteiger partial charge in [-0.15, -0.1) is 0 Å². The smallest absolute Gasteiger partial charge is 0.250 e. The molecule has 0 radical (unpaired) electrons. The minimum absolute atomic E-state index is 0.0163. The first-order valence-electron chi connectivity index (χ1n) is 9.63. The first kappa shape index (κ1) is 17.5. The van der Waals surface area contributed by atoms with Crippen molar-refractivity contribution in [2.24, 2.45) is 0 Å². The molecule has 1 aliphatic carbocycles. The van der Waals surface area contributed by atoms with Crippen LogP contribution >= 0.6 is 0 Å². The summed E-state index contributed by atoms with van der Waals surface area (Å²) in [5.41, 5.74) is 4.15. The number of pyridine rings is 2. The van der Waals surface area contributed by atoms with Crippen LogP contribution in [0.4, 0.5) is 5.82 Å². The van der Waals surface area contributed by atoms with Gasteiger partial charge in [0.25, 0.3) is 5.56 Å². The van der Waals surface area contributed by atoms with Gasteiger partial charge in [0.05, 0.1) is 11.9 Å². The number of nitrogens with one attached hydrogen (secondary N) is 1. The summed E-state index contributed by atoms with van der Waals surface area (Å²) < 4.78 is 3.53. The average molecular weight is 363 g/mol. The van der Waals surface area contributed by atoms with E-state index in [0.717, 1.165) is 29.1 Å². The summed E-state index contributed by atoms with van der Waals surface area (Å²) in [6, 6.07) is 6.08. The molecule has 0 aliphatic heterocycles. The number of rotatable bonds is 6. The maximum atomic E-state index is 11.9. The topological polar surface area (TPSA) is 64.7 Å². The highest BCUT2D eigenvalue weighted by molar-refractivity contribution is 5.67. The molecule has 6 nitrogen and oxygen atoms in total. The SMILES string of the molecule is CCCn1cc(-n2cc(-c3cnc(NC4CCC4)cc3C)cn2)ccc1=O. The zero-order valence-corrected chi connectivity index (χ0v) is 15.9. The van der Waals surface area contributed by atoms with Crippen LogP contribution in [0.15, 0.2) is 47.8 Å². The molecule has 0 aromatic carbocycles. The van der Waals surface area contributed by atoms with Crippen LogP contribution in [0.3, 0.4) is 0 Å². The molecule has 0 spiro atoms. The molecule has 1 N–H and O–H groups in total. The molecule has 0 unspecified atom stereocenters. The monoisotopic (exact) mass is 363 g/mol. The lowest BCUT2D eigenvalue weighted by Crippen LogP contribution is -2.27. The second-order valence-corrected chi connectivity index (χ2v) is 7.25. The van der Waals surface area contributed by atoms with Crippen LogP contribution in [0, 0.1) is 6.92 Å². The molecule has 3 aromatic rings. The van der Waals surface area contributed by atoms with E-state index in [4.69, 9.17) is 0 Å². The maximum Gasteiger partial charge on any atom is 0.250 e. The third kappa shape index (κ3) is 3.65. The number of hydrogen-bond acceptors (Lipinski definition) is 4. The van der Waals surface area contributed by atoms with Gasteiger partial charge < -0.3 is 9.88 Å². The van der Waals surface area contributed by atoms with Crippen molar-refractivity contribution in [2.45, 2.75) is 52.1 Å². The predicted octanol–water partition coefficient (Wildman–Crippen LogP) is 3.78. The molecular weight excluding hydrogens is 338 g/mol. The fraction of sp³-hybridized carbons (Fsp3) is 0.381. The maximum absolute atomic E-state index is 11.9. The number of aryl methyl sites for hydroxylation is 2. The Bertz CT molecular complexity index is 1000. The van der Waals surface area contributed by atoms with Crippen LogP contribution in [0.2, 0.25) is 0 Å². The summed E-state index contributed by atoms with van der Waals surface area (Å²) in [4.78, 5) is 16.5. The Morgan fingerprint density at radius 1 is 1.22 bits per heavy atom. The van der Waals surface area contributed by atoms with E-state index in [2.05, 4.69) is 35.3 Å². The second kappa shape index (κ2) is 7.39. The van der Waals surface area contributed by atoms with Crippen molar-refractivity contribution in [1.82, 2.24) is 19.3 Å². The molecule has 0 bridgehead atoms. The molecule has 1 saturated carbocycles. The molecule has 6 heteroatoms. The molecule has 4 rings (SSSR count). The van der Waals surface area contributed by atoms with E-state index in [1.165, 1.54) is 24.8 Å². The van der Waals surface area contributed by atoms with Crippen molar-refractivity contribution < 1.29 is 0 Å². The summed E-state index contributed by atoms with van der Waals surface area (Å²) in [5, 5.41) is 7.97. The molecular formula is C21H25N5O. The van der Waals surface area contributed by atoms with Crippen LogP contribution in [-0.4, -0.2) is 25.4 Å². The first-order chi connectivity index (χ1) is 13.1. The summed E-state index contributed by atoms with van der Waals surface area (Å²) in [6.45, 7) is 4.87. The number of aromatic nitrogens is 4. The zero-order chi connectivity index (χ0) is 18.8. The standard InChI is InChI=1S/C21H25N5O/c1-3-9-25-14-18(7-8-21(25)27)26-13-16(11-23-26)19-12-22-20(10-15(19)2)24-17-5-4-6-17/h7-8,10-14,17H,3-6,9H2,1-2H3,(H,22,24). The quantitative estimate of drug-likeness (QED) is 0.724. The Kier molecular flexibility index (Phi) is 4.79. The molecule has 1 aliphatic rings. The average Bonchev–Trinajstić information content (AvgIpc) is 3.10. The van der Waals surface area contributed by atoms with E-state index >= 15 is 0 Å². The molecule has 0 atom stereocenters. The van der Waals surface area contributed by atoms with Gasteiger partial charge in [0.2, 0.25) is 0 Å². The summed E-state index contributed by atoms with van der Waals surface area (Å²) >= 11 is 0. The van der Waals surface area contributed by atoms with E-state index in [9.17, 15) is 4.79 Å². The Morgan fingerprint density at radius 3 is 2.78 bits per heavy atom. The molecule has 140 valence electrons. The summed E-state index contributed by atoms with van der Waals surface area (Å²) in [7, 11) is 0. The van der Waals surface area contributed by atoms with Crippen LogP contribution in [0.25, 0.3) is 16.8 Å². The summed E-state index contributed by atoms with van der Waals surface area (Å²) in [5.74, 6) is 0.944. The van der Waals surface area contributed by atoms with Crippen LogP contribution < -0.4 is 10.9 Å². The Hall–Kier alpha value is -2.89. The van der Waals surface area contributed by atoms with E-state index in [-0.39, 0.29) is 5.56 Å². The van der Waals surface area contributed by atoms with E-state index in [1.54, 1.807) is 15.3 Å². The fourth-order valence-electron chi connectivity index (χ4n) is 3.37. The third-order valence-electron chi connectivity index (χ3n) is 5.16. The molecule has 3 aromatic heterocycles. The molecule has 27 heavy (non-hydrogen) atoms. The van der Waals surface area contributed by atoms with Crippen molar-refractivity contribution in [2.75, 3.05) is 5.32 Å². The van der Waals surface area contributed by atoms with Gasteiger partial charge in [-0.1, -0.05) is 6.92 Å². The van der Waals surface area contributed by atoms with Gasteiger partial charge in [0.1, 0.15) is 5.82 Å². The Labute approximate surface area is 158 Å². The van der Waals surface area contributed by atoms with Gasteiger partial charge >= 0.3 is 0 Å². The Balaban J connectivity index is 1.59. The van der Waals surface area contributed by atoms with Gasteiger partial charge in [-0.2, -0.15) is 5.10 Å². The number of anilines is 1. The highest BCUT2D eigenvalue weighted by atomic mass is 16.1. The normalized spacial score (nSPS) is 14.1. The highest BCUT2D eigenvalue weighted by Crippen LogP contribution is 2.27. The minimum atomic E-state index is 0.0163. The van der Waals surface area contributed by atoms with Gasteiger partial charge in [0, 0.05) is 48.4 Å². The van der Waals surface area contributed by atoms with Crippen LogP contribution in [0.5, 0.6) is 0 Å². The van der Waals surface area contributed by atoms with Crippen molar-refractivity contribution in [3.63, 3.8) is 0 Å². The molecule has 1 fully saturated rings. The number of hydrogen-bond donors (Lipinski definition) is 1. The number of nitrogens with zero attached hydrogens (tertiary/aromatic N) is 4. The van der Waals surface area contributed by atoms with Gasteiger partial charge in [-0.05, 0) is 50.3 Å². The molecule has 3 heterocycles. The lowest BCUT2D eigenvalue weighted by molar-refractivity contribution is 0.444. The van der Waals surface area contributed by atoms with Crippen molar-refractivity contribution >= 4 is 5.82 Å². The molecule has 0 amide bonds. The van der Waals surface area contributed by atoms with Crippen LogP contribution in [-0.2, 0) is 6.54 Å². The van der Waals surface area contributed by atoms with Gasteiger partial charge in [-0.25, -0.2) is 9.67 Å². The predicted molar refractivity (Wildman–Crippen MR) is 107 cm³/mol. The molecule has 0 saturated heterocycles. The van der Waals surface area contributed by atoms with E-state index < -0.39 is 0 Å². The largest absolute Gasteiger partial charge is 0.367 e.